The number of ether oxygens (including phenoxy) is 1. The molecule has 2 amide bonds. The third-order valence-electron chi connectivity index (χ3n) is 5.91. The lowest BCUT2D eigenvalue weighted by Crippen LogP contribution is -2.49. The highest BCUT2D eigenvalue weighted by molar-refractivity contribution is 7.80. The Morgan fingerprint density at radius 2 is 1.74 bits per heavy atom. The molecular formula is C28H28ClFN4O3S. The number of thiocarbonyl (C=S) groups is 1. The summed E-state index contributed by atoms with van der Waals surface area (Å²) < 4.78 is 19.8. The summed E-state index contributed by atoms with van der Waals surface area (Å²) in [7, 11) is 0. The molecule has 0 spiro atoms. The number of carbonyl (C=O) groups is 2. The van der Waals surface area contributed by atoms with Crippen molar-refractivity contribution in [2.45, 2.75) is 20.0 Å². The van der Waals surface area contributed by atoms with Crippen LogP contribution >= 0.6 is 23.8 Å². The van der Waals surface area contributed by atoms with Gasteiger partial charge >= 0.3 is 0 Å². The lowest BCUT2D eigenvalue weighted by atomic mass is 10.1. The molecule has 2 N–H and O–H groups in total. The van der Waals surface area contributed by atoms with Gasteiger partial charge in [-0.15, -0.1) is 0 Å². The molecule has 0 aromatic heterocycles. The summed E-state index contributed by atoms with van der Waals surface area (Å²) in [4.78, 5) is 29.3. The largest absolute Gasteiger partial charge is 0.491 e. The number of halogens is 2. The molecule has 38 heavy (non-hydrogen) atoms. The van der Waals surface area contributed by atoms with E-state index in [4.69, 9.17) is 28.6 Å². The van der Waals surface area contributed by atoms with Crippen LogP contribution in [0.2, 0.25) is 5.02 Å². The van der Waals surface area contributed by atoms with Gasteiger partial charge in [-0.05, 0) is 74.6 Å². The van der Waals surface area contributed by atoms with E-state index in [9.17, 15) is 14.0 Å². The lowest BCUT2D eigenvalue weighted by Gasteiger charge is -2.37. The van der Waals surface area contributed by atoms with Gasteiger partial charge < -0.3 is 19.9 Å². The van der Waals surface area contributed by atoms with E-state index in [-0.39, 0.29) is 28.6 Å². The zero-order chi connectivity index (χ0) is 27.2. The Labute approximate surface area is 231 Å². The van der Waals surface area contributed by atoms with Gasteiger partial charge in [0.15, 0.2) is 5.11 Å². The molecule has 198 valence electrons. The van der Waals surface area contributed by atoms with Crippen molar-refractivity contribution in [3.8, 4) is 5.75 Å². The average Bonchev–Trinajstić information content (AvgIpc) is 2.88. The summed E-state index contributed by atoms with van der Waals surface area (Å²) in [5.41, 5.74) is 1.91. The molecule has 3 aromatic rings. The van der Waals surface area contributed by atoms with E-state index in [2.05, 4.69) is 15.5 Å². The van der Waals surface area contributed by atoms with Crippen LogP contribution in [0.15, 0.2) is 66.7 Å². The fraction of sp³-hybridized carbons (Fsp3) is 0.250. The van der Waals surface area contributed by atoms with E-state index < -0.39 is 5.82 Å². The molecule has 0 atom stereocenters. The second kappa shape index (κ2) is 12.2. The SMILES string of the molecule is CC(C)Oc1cccc(C(=O)NC(=S)Nc2cc(Cl)ccc2N2CCN(C(=O)c3ccccc3F)CC2)c1. The molecule has 1 aliphatic rings. The number of nitrogens with one attached hydrogen (secondary N) is 2. The van der Waals surface area contributed by atoms with Crippen LogP contribution in [0, 0.1) is 5.82 Å². The van der Waals surface area contributed by atoms with E-state index in [0.717, 1.165) is 5.69 Å². The van der Waals surface area contributed by atoms with Gasteiger partial charge in [-0.3, -0.25) is 14.9 Å². The van der Waals surface area contributed by atoms with Crippen molar-refractivity contribution in [2.24, 2.45) is 0 Å². The van der Waals surface area contributed by atoms with Crippen molar-refractivity contribution in [2.75, 3.05) is 36.4 Å². The van der Waals surface area contributed by atoms with Crippen molar-refractivity contribution in [3.63, 3.8) is 0 Å². The number of rotatable bonds is 6. The molecule has 0 aliphatic carbocycles. The Hall–Kier alpha value is -3.69. The quantitative estimate of drug-likeness (QED) is 0.400. The minimum atomic E-state index is -0.529. The third-order valence-corrected chi connectivity index (χ3v) is 6.35. The Morgan fingerprint density at radius 3 is 2.45 bits per heavy atom. The predicted molar refractivity (Wildman–Crippen MR) is 152 cm³/mol. The molecule has 4 rings (SSSR count). The van der Waals surface area contributed by atoms with Crippen molar-refractivity contribution in [1.82, 2.24) is 10.2 Å². The molecule has 0 radical (unpaired) electrons. The van der Waals surface area contributed by atoms with E-state index >= 15 is 0 Å². The summed E-state index contributed by atoms with van der Waals surface area (Å²) in [5.74, 6) is -0.639. The zero-order valence-corrected chi connectivity index (χ0v) is 22.6. The predicted octanol–water partition coefficient (Wildman–Crippen LogP) is 5.36. The number of amides is 2. The number of carbonyl (C=O) groups excluding carboxylic acids is 2. The Kier molecular flexibility index (Phi) is 8.81. The van der Waals surface area contributed by atoms with Gasteiger partial charge in [-0.1, -0.05) is 29.8 Å². The molecule has 0 bridgehead atoms. The first-order chi connectivity index (χ1) is 18.2. The van der Waals surface area contributed by atoms with Crippen molar-refractivity contribution in [1.29, 1.82) is 0 Å². The highest BCUT2D eigenvalue weighted by atomic mass is 35.5. The normalized spacial score (nSPS) is 13.3. The van der Waals surface area contributed by atoms with Gasteiger partial charge in [-0.2, -0.15) is 0 Å². The van der Waals surface area contributed by atoms with Crippen LogP contribution in [0.4, 0.5) is 15.8 Å². The third kappa shape index (κ3) is 6.79. The van der Waals surface area contributed by atoms with Crippen LogP contribution < -0.4 is 20.3 Å². The topological polar surface area (TPSA) is 73.9 Å². The number of hydrogen-bond donors (Lipinski definition) is 2. The Balaban J connectivity index is 1.41. The maximum atomic E-state index is 14.1. The first kappa shape index (κ1) is 27.3. The van der Waals surface area contributed by atoms with E-state index in [0.29, 0.717) is 48.2 Å². The van der Waals surface area contributed by atoms with Crippen LogP contribution in [0.5, 0.6) is 5.75 Å². The van der Waals surface area contributed by atoms with Crippen molar-refractivity contribution >= 4 is 52.1 Å². The van der Waals surface area contributed by atoms with Crippen LogP contribution in [-0.4, -0.2) is 54.1 Å². The minimum Gasteiger partial charge on any atom is -0.491 e. The van der Waals surface area contributed by atoms with E-state index in [1.54, 1.807) is 53.4 Å². The summed E-state index contributed by atoms with van der Waals surface area (Å²) in [5, 5.41) is 6.38. The van der Waals surface area contributed by atoms with Gasteiger partial charge in [0.05, 0.1) is 23.0 Å². The fourth-order valence-electron chi connectivity index (χ4n) is 4.15. The number of anilines is 2. The second-order valence-electron chi connectivity index (χ2n) is 9.02. The lowest BCUT2D eigenvalue weighted by molar-refractivity contribution is 0.0742. The summed E-state index contributed by atoms with van der Waals surface area (Å²) in [6.07, 6.45) is -0.0169. The van der Waals surface area contributed by atoms with Gasteiger partial charge in [0, 0.05) is 36.8 Å². The van der Waals surface area contributed by atoms with Gasteiger partial charge in [0.1, 0.15) is 11.6 Å². The van der Waals surface area contributed by atoms with Gasteiger partial charge in [0.25, 0.3) is 11.8 Å². The van der Waals surface area contributed by atoms with Gasteiger partial charge in [-0.25, -0.2) is 4.39 Å². The second-order valence-corrected chi connectivity index (χ2v) is 9.87. The summed E-state index contributed by atoms with van der Waals surface area (Å²) in [6.45, 7) is 5.72. The standard InChI is InChI=1S/C28H28ClFN4O3S/c1-18(2)37-21-7-5-6-19(16-21)26(35)32-28(38)31-24-17-20(29)10-11-25(24)33-12-14-34(15-13-33)27(36)22-8-3-4-9-23(22)30/h3-11,16-18H,12-15H2,1-2H3,(H2,31,32,35,38). The maximum Gasteiger partial charge on any atom is 0.257 e. The highest BCUT2D eigenvalue weighted by Crippen LogP contribution is 2.30. The molecule has 1 aliphatic heterocycles. The first-order valence-electron chi connectivity index (χ1n) is 12.2. The summed E-state index contributed by atoms with van der Waals surface area (Å²) in [6, 6.07) is 18.2. The van der Waals surface area contributed by atoms with Crippen LogP contribution in [0.3, 0.4) is 0 Å². The molecule has 1 saturated heterocycles. The zero-order valence-electron chi connectivity index (χ0n) is 21.0. The number of nitrogens with zero attached hydrogens (tertiary/aromatic N) is 2. The van der Waals surface area contributed by atoms with Crippen molar-refractivity contribution < 1.29 is 18.7 Å². The molecule has 0 saturated carbocycles. The van der Waals surface area contributed by atoms with Gasteiger partial charge in [0.2, 0.25) is 0 Å². The minimum absolute atomic E-state index is 0.0169. The Morgan fingerprint density at radius 1 is 1.00 bits per heavy atom. The Bertz CT molecular complexity index is 1350. The first-order valence-corrected chi connectivity index (χ1v) is 13.0. The van der Waals surface area contributed by atoms with Crippen LogP contribution in [0.1, 0.15) is 34.6 Å². The monoisotopic (exact) mass is 554 g/mol. The molecule has 1 heterocycles. The number of benzene rings is 3. The van der Waals surface area contributed by atoms with Crippen LogP contribution in [0.25, 0.3) is 0 Å². The van der Waals surface area contributed by atoms with E-state index in [1.807, 2.05) is 19.9 Å². The molecule has 3 aromatic carbocycles. The average molecular weight is 555 g/mol. The van der Waals surface area contributed by atoms with Crippen LogP contribution in [-0.2, 0) is 0 Å². The molecule has 10 heteroatoms. The highest BCUT2D eigenvalue weighted by Gasteiger charge is 2.25. The van der Waals surface area contributed by atoms with E-state index in [1.165, 1.54) is 12.1 Å². The molecule has 0 unspecified atom stereocenters. The molecule has 1 fully saturated rings. The number of piperazine rings is 1. The van der Waals surface area contributed by atoms with Crippen molar-refractivity contribution in [3.05, 3.63) is 88.7 Å². The number of hydrogen-bond acceptors (Lipinski definition) is 5. The molecule has 7 nitrogen and oxygen atoms in total. The smallest absolute Gasteiger partial charge is 0.257 e. The fourth-order valence-corrected chi connectivity index (χ4v) is 4.53. The maximum absolute atomic E-state index is 14.1. The molecular weight excluding hydrogens is 527 g/mol. The summed E-state index contributed by atoms with van der Waals surface area (Å²) >= 11 is 11.7.